The quantitative estimate of drug-likeness (QED) is 0.483. The Balaban J connectivity index is 1.62. The number of nitrogens with zero attached hydrogens (tertiary/aromatic N) is 3. The minimum absolute atomic E-state index is 0.0223. The molecule has 0 saturated carbocycles. The summed E-state index contributed by atoms with van der Waals surface area (Å²) in [6.45, 7) is 2.57. The van der Waals surface area contributed by atoms with Gasteiger partial charge in [0.1, 0.15) is 5.82 Å². The summed E-state index contributed by atoms with van der Waals surface area (Å²) < 4.78 is 39.4. The van der Waals surface area contributed by atoms with E-state index in [1.54, 1.807) is 12.3 Å². The third kappa shape index (κ3) is 5.24. The van der Waals surface area contributed by atoms with Crippen LogP contribution in [-0.2, 0) is 10.0 Å². The number of ether oxygens (including phenoxy) is 2. The van der Waals surface area contributed by atoms with Gasteiger partial charge >= 0.3 is 5.97 Å². The van der Waals surface area contributed by atoms with E-state index in [4.69, 9.17) is 9.47 Å². The summed E-state index contributed by atoms with van der Waals surface area (Å²) in [6, 6.07) is 14.4. The zero-order valence-corrected chi connectivity index (χ0v) is 20.2. The topological polar surface area (TPSA) is 121 Å². The summed E-state index contributed by atoms with van der Waals surface area (Å²) >= 11 is 0. The summed E-state index contributed by atoms with van der Waals surface area (Å²) in [5.41, 5.74) is 0.761. The van der Waals surface area contributed by atoms with Crippen molar-refractivity contribution in [3.05, 3.63) is 66.4 Å². The predicted octanol–water partition coefficient (Wildman–Crippen LogP) is 2.92. The molecule has 0 radical (unpaired) electrons. The Morgan fingerprint density at radius 3 is 2.29 bits per heavy atom. The number of nitrogens with one attached hydrogen (secondary N) is 1. The number of carboxylic acid groups (broad SMARTS) is 1. The fourth-order valence-corrected chi connectivity index (χ4v) is 5.01. The van der Waals surface area contributed by atoms with Crippen molar-refractivity contribution < 1.29 is 27.8 Å². The number of piperazine rings is 1. The van der Waals surface area contributed by atoms with Gasteiger partial charge in [-0.3, -0.25) is 4.72 Å². The molecule has 3 aromatic rings. The molecule has 0 amide bonds. The summed E-state index contributed by atoms with van der Waals surface area (Å²) in [7, 11) is -1.18. The Hall–Kier alpha value is -3.99. The average molecular weight is 499 g/mol. The molecule has 2 N–H and O–H groups in total. The maximum Gasteiger partial charge on any atom is 0.335 e. The fraction of sp³-hybridized carbons (Fsp3) is 0.250. The molecule has 0 bridgehead atoms. The van der Waals surface area contributed by atoms with Crippen molar-refractivity contribution in [1.29, 1.82) is 0 Å². The lowest BCUT2D eigenvalue weighted by Gasteiger charge is -2.37. The maximum absolute atomic E-state index is 13.2. The molecule has 0 unspecified atom stereocenters. The Labute approximate surface area is 203 Å². The minimum atomic E-state index is -4.05. The van der Waals surface area contributed by atoms with Crippen LogP contribution in [0.15, 0.2) is 65.7 Å². The molecule has 11 heteroatoms. The molecule has 1 saturated heterocycles. The number of anilines is 3. The highest BCUT2D eigenvalue weighted by Gasteiger charge is 2.24. The van der Waals surface area contributed by atoms with Crippen LogP contribution in [0.1, 0.15) is 10.4 Å². The molecule has 35 heavy (non-hydrogen) atoms. The van der Waals surface area contributed by atoms with Crippen molar-refractivity contribution in [2.24, 2.45) is 0 Å². The van der Waals surface area contributed by atoms with E-state index in [0.29, 0.717) is 37.6 Å². The summed E-state index contributed by atoms with van der Waals surface area (Å²) in [6.07, 6.45) is 1.74. The zero-order chi connectivity index (χ0) is 25.0. The van der Waals surface area contributed by atoms with Gasteiger partial charge < -0.3 is 24.4 Å². The van der Waals surface area contributed by atoms with E-state index in [9.17, 15) is 18.3 Å². The first-order valence-corrected chi connectivity index (χ1v) is 12.3. The molecule has 1 fully saturated rings. The third-order valence-electron chi connectivity index (χ3n) is 5.75. The van der Waals surface area contributed by atoms with Crippen molar-refractivity contribution in [3.63, 3.8) is 0 Å². The normalized spacial score (nSPS) is 13.9. The van der Waals surface area contributed by atoms with Gasteiger partial charge in [0.25, 0.3) is 10.0 Å². The van der Waals surface area contributed by atoms with Crippen molar-refractivity contribution in [2.75, 3.05) is 54.9 Å². The highest BCUT2D eigenvalue weighted by atomic mass is 32.2. The summed E-state index contributed by atoms with van der Waals surface area (Å²) in [5.74, 6) is 0.386. The van der Waals surface area contributed by atoms with Gasteiger partial charge in [-0.25, -0.2) is 18.2 Å². The van der Waals surface area contributed by atoms with Crippen LogP contribution in [0.3, 0.4) is 0 Å². The first-order valence-electron chi connectivity index (χ1n) is 10.9. The molecule has 2 aromatic carbocycles. The van der Waals surface area contributed by atoms with Crippen LogP contribution in [0.5, 0.6) is 11.5 Å². The monoisotopic (exact) mass is 498 g/mol. The molecular formula is C24H26N4O6S. The summed E-state index contributed by atoms with van der Waals surface area (Å²) in [5, 5.41) is 9.48. The van der Waals surface area contributed by atoms with Crippen LogP contribution in [0.25, 0.3) is 0 Å². The highest BCUT2D eigenvalue weighted by molar-refractivity contribution is 7.92. The number of hydrogen-bond acceptors (Lipinski definition) is 8. The number of hydrogen-bond donors (Lipinski definition) is 2. The van der Waals surface area contributed by atoms with Gasteiger partial charge in [-0.2, -0.15) is 0 Å². The van der Waals surface area contributed by atoms with E-state index in [1.807, 2.05) is 23.1 Å². The second kappa shape index (κ2) is 10.1. The average Bonchev–Trinajstić information content (AvgIpc) is 2.88. The Kier molecular flexibility index (Phi) is 6.97. The molecule has 1 aromatic heterocycles. The number of methoxy groups -OCH3 is 2. The lowest BCUT2D eigenvalue weighted by atomic mass is 10.1. The smallest absolute Gasteiger partial charge is 0.335 e. The Morgan fingerprint density at radius 1 is 0.943 bits per heavy atom. The van der Waals surface area contributed by atoms with E-state index in [-0.39, 0.29) is 21.9 Å². The van der Waals surface area contributed by atoms with Crippen molar-refractivity contribution in [1.82, 2.24) is 4.98 Å². The van der Waals surface area contributed by atoms with Gasteiger partial charge in [0.15, 0.2) is 11.5 Å². The highest BCUT2D eigenvalue weighted by Crippen LogP contribution is 2.33. The van der Waals surface area contributed by atoms with Crippen molar-refractivity contribution >= 4 is 33.2 Å². The molecular weight excluding hydrogens is 472 g/mol. The summed E-state index contributed by atoms with van der Waals surface area (Å²) in [4.78, 5) is 20.1. The first kappa shape index (κ1) is 24.1. The fourth-order valence-electron chi connectivity index (χ4n) is 3.93. The first-order chi connectivity index (χ1) is 16.8. The lowest BCUT2D eigenvalue weighted by Crippen LogP contribution is -2.47. The second-order valence-electron chi connectivity index (χ2n) is 7.82. The number of carboxylic acids is 1. The minimum Gasteiger partial charge on any atom is -0.493 e. The largest absolute Gasteiger partial charge is 0.493 e. The molecule has 0 atom stereocenters. The van der Waals surface area contributed by atoms with Gasteiger partial charge in [-0.05, 0) is 42.5 Å². The van der Waals surface area contributed by atoms with Crippen LogP contribution >= 0.6 is 0 Å². The lowest BCUT2D eigenvalue weighted by molar-refractivity contribution is 0.0697. The standard InChI is InChI=1S/C24H26N4O6S/c1-33-21-9-7-18(16-22(21)34-2)35(31,32)26-19-15-17(24(29)30)6-8-20(19)27-11-13-28(14-12-27)23-5-3-4-10-25-23/h3-10,15-16,26H,11-14H2,1-2H3,(H,29,30). The number of pyridine rings is 1. The van der Waals surface area contributed by atoms with Gasteiger partial charge in [0.2, 0.25) is 0 Å². The van der Waals surface area contributed by atoms with E-state index in [0.717, 1.165) is 5.82 Å². The Bertz CT molecular complexity index is 1310. The van der Waals surface area contributed by atoms with Gasteiger partial charge in [0, 0.05) is 38.4 Å². The molecule has 4 rings (SSSR count). The number of carbonyl (C=O) groups is 1. The van der Waals surface area contributed by atoms with Crippen molar-refractivity contribution in [2.45, 2.75) is 4.90 Å². The van der Waals surface area contributed by atoms with Crippen LogP contribution in [0, 0.1) is 0 Å². The van der Waals surface area contributed by atoms with Crippen LogP contribution in [-0.4, -0.2) is 64.9 Å². The van der Waals surface area contributed by atoms with Gasteiger partial charge in [0.05, 0.1) is 36.1 Å². The molecule has 2 heterocycles. The number of rotatable bonds is 8. The molecule has 1 aliphatic rings. The van der Waals surface area contributed by atoms with E-state index in [1.165, 1.54) is 44.6 Å². The van der Waals surface area contributed by atoms with E-state index >= 15 is 0 Å². The molecule has 0 spiro atoms. The molecule has 0 aliphatic carbocycles. The molecule has 184 valence electrons. The van der Waals surface area contributed by atoms with E-state index in [2.05, 4.69) is 14.6 Å². The second-order valence-corrected chi connectivity index (χ2v) is 9.50. The van der Waals surface area contributed by atoms with Gasteiger partial charge in [-0.1, -0.05) is 6.07 Å². The van der Waals surface area contributed by atoms with Crippen LogP contribution in [0.4, 0.5) is 17.2 Å². The molecule has 1 aliphatic heterocycles. The predicted molar refractivity (Wildman–Crippen MR) is 132 cm³/mol. The number of sulfonamides is 1. The van der Waals surface area contributed by atoms with Gasteiger partial charge in [-0.15, -0.1) is 0 Å². The van der Waals surface area contributed by atoms with Crippen LogP contribution < -0.4 is 24.0 Å². The van der Waals surface area contributed by atoms with E-state index < -0.39 is 16.0 Å². The number of benzene rings is 2. The molecule has 10 nitrogen and oxygen atoms in total. The van der Waals surface area contributed by atoms with Crippen molar-refractivity contribution in [3.8, 4) is 11.5 Å². The number of aromatic carboxylic acids is 1. The number of aromatic nitrogens is 1. The zero-order valence-electron chi connectivity index (χ0n) is 19.3. The maximum atomic E-state index is 13.2. The van der Waals surface area contributed by atoms with Crippen LogP contribution in [0.2, 0.25) is 0 Å². The third-order valence-corrected chi connectivity index (χ3v) is 7.11. The Morgan fingerprint density at radius 2 is 1.66 bits per heavy atom. The SMILES string of the molecule is COc1ccc(S(=O)(=O)Nc2cc(C(=O)O)ccc2N2CCN(c3ccccn3)CC2)cc1OC.